The number of hydrogen-bond donors (Lipinski definition) is 2. The van der Waals surface area contributed by atoms with E-state index in [1.807, 2.05) is 0 Å². The van der Waals surface area contributed by atoms with E-state index in [1.54, 1.807) is 6.07 Å². The van der Waals surface area contributed by atoms with Gasteiger partial charge in [0.05, 0.1) is 16.5 Å². The molecule has 5 nitrogen and oxygen atoms in total. The molecule has 0 aliphatic rings. The van der Waals surface area contributed by atoms with Crippen molar-refractivity contribution < 1.29 is 14.3 Å². The Balaban J connectivity index is 2.35. The third-order valence-corrected chi connectivity index (χ3v) is 2.91. The van der Waals surface area contributed by atoms with E-state index in [0.29, 0.717) is 21.1 Å². The van der Waals surface area contributed by atoms with Gasteiger partial charge in [-0.1, -0.05) is 23.2 Å². The molecule has 0 fully saturated rings. The van der Waals surface area contributed by atoms with Crippen LogP contribution in [0.25, 0.3) is 11.1 Å². The van der Waals surface area contributed by atoms with Crippen LogP contribution in [0.3, 0.4) is 0 Å². The summed E-state index contributed by atoms with van der Waals surface area (Å²) in [6.45, 7) is 0. The highest BCUT2D eigenvalue weighted by Crippen LogP contribution is 2.28. The predicted molar refractivity (Wildman–Crippen MR) is 63.3 cm³/mol. The molecule has 0 saturated carbocycles. The van der Waals surface area contributed by atoms with Gasteiger partial charge >= 0.3 is 5.97 Å². The van der Waals surface area contributed by atoms with Crippen LogP contribution < -0.4 is 5.73 Å². The van der Waals surface area contributed by atoms with Crippen molar-refractivity contribution in [2.45, 2.75) is 12.5 Å². The number of fused-ring (bicyclic) bond motifs is 1. The highest BCUT2D eigenvalue weighted by atomic mass is 35.5. The van der Waals surface area contributed by atoms with Crippen molar-refractivity contribution in [3.8, 4) is 0 Å². The molecule has 0 radical (unpaired) electrons. The summed E-state index contributed by atoms with van der Waals surface area (Å²) in [6.07, 6.45) is 0.0131. The van der Waals surface area contributed by atoms with Gasteiger partial charge < -0.3 is 15.3 Å². The third kappa shape index (κ3) is 2.52. The maximum atomic E-state index is 10.6. The summed E-state index contributed by atoms with van der Waals surface area (Å²) in [5.74, 6) is -0.864. The second-order valence-electron chi connectivity index (χ2n) is 3.49. The normalized spacial score (nSPS) is 12.9. The van der Waals surface area contributed by atoms with Crippen molar-refractivity contribution in [3.05, 3.63) is 28.1 Å². The van der Waals surface area contributed by atoms with Gasteiger partial charge in [0.15, 0.2) is 11.5 Å². The summed E-state index contributed by atoms with van der Waals surface area (Å²) in [6, 6.07) is 2.04. The minimum atomic E-state index is -1.11. The first-order valence-corrected chi connectivity index (χ1v) is 5.46. The minimum Gasteiger partial charge on any atom is -0.480 e. The van der Waals surface area contributed by atoms with E-state index in [9.17, 15) is 4.79 Å². The first-order chi connectivity index (χ1) is 7.97. The molecular formula is C10H8Cl2N2O3. The Labute approximate surface area is 106 Å². The Morgan fingerprint density at radius 1 is 1.47 bits per heavy atom. The Bertz CT molecular complexity index is 543. The van der Waals surface area contributed by atoms with Gasteiger partial charge in [0.25, 0.3) is 0 Å². The van der Waals surface area contributed by atoms with Crippen molar-refractivity contribution in [1.29, 1.82) is 0 Å². The van der Waals surface area contributed by atoms with Crippen LogP contribution in [0.15, 0.2) is 16.5 Å². The summed E-state index contributed by atoms with van der Waals surface area (Å²) in [5, 5.41) is 9.38. The Hall–Kier alpha value is -1.30. The first kappa shape index (κ1) is 12.2. The SMILES string of the molecule is N[C@@H](Cc1nc2cc(Cl)c(Cl)cc2o1)C(=O)O. The minimum absolute atomic E-state index is 0.0131. The molecule has 90 valence electrons. The van der Waals surface area contributed by atoms with E-state index in [0.717, 1.165) is 0 Å². The predicted octanol–water partition coefficient (Wildman–Crippen LogP) is 2.09. The lowest BCUT2D eigenvalue weighted by molar-refractivity contribution is -0.138. The maximum Gasteiger partial charge on any atom is 0.321 e. The van der Waals surface area contributed by atoms with Gasteiger partial charge in [-0.3, -0.25) is 4.79 Å². The van der Waals surface area contributed by atoms with Crippen LogP contribution in [-0.2, 0) is 11.2 Å². The molecule has 2 aromatic rings. The van der Waals surface area contributed by atoms with E-state index in [1.165, 1.54) is 6.07 Å². The van der Waals surface area contributed by atoms with Gasteiger partial charge in [-0.05, 0) is 6.07 Å². The second-order valence-corrected chi connectivity index (χ2v) is 4.30. The average Bonchev–Trinajstić information content (AvgIpc) is 2.60. The molecule has 1 aromatic carbocycles. The fourth-order valence-corrected chi connectivity index (χ4v) is 1.65. The average molecular weight is 275 g/mol. The summed E-state index contributed by atoms with van der Waals surface area (Å²) in [7, 11) is 0. The lowest BCUT2D eigenvalue weighted by Gasteiger charge is -2.00. The highest BCUT2D eigenvalue weighted by Gasteiger charge is 2.17. The number of benzene rings is 1. The van der Waals surface area contributed by atoms with E-state index in [2.05, 4.69) is 4.98 Å². The summed E-state index contributed by atoms with van der Waals surface area (Å²) >= 11 is 11.6. The third-order valence-electron chi connectivity index (χ3n) is 2.19. The molecule has 0 aliphatic carbocycles. The lowest BCUT2D eigenvalue weighted by Crippen LogP contribution is -2.32. The zero-order valence-corrected chi connectivity index (χ0v) is 10.00. The number of carbonyl (C=O) groups is 1. The van der Waals surface area contributed by atoms with E-state index < -0.39 is 12.0 Å². The first-order valence-electron chi connectivity index (χ1n) is 4.70. The number of hydrogen-bond acceptors (Lipinski definition) is 4. The molecule has 7 heteroatoms. The number of carboxylic acids is 1. The number of aromatic nitrogens is 1. The van der Waals surface area contributed by atoms with Crippen LogP contribution >= 0.6 is 23.2 Å². The van der Waals surface area contributed by atoms with Gasteiger partial charge in [0.2, 0.25) is 0 Å². The number of nitrogens with two attached hydrogens (primary N) is 1. The van der Waals surface area contributed by atoms with Crippen molar-refractivity contribution in [2.24, 2.45) is 5.73 Å². The number of nitrogens with zero attached hydrogens (tertiary/aromatic N) is 1. The molecule has 1 aromatic heterocycles. The van der Waals surface area contributed by atoms with Crippen molar-refractivity contribution >= 4 is 40.3 Å². The largest absolute Gasteiger partial charge is 0.480 e. The summed E-state index contributed by atoms with van der Waals surface area (Å²) < 4.78 is 5.33. The molecule has 0 aliphatic heterocycles. The highest BCUT2D eigenvalue weighted by molar-refractivity contribution is 6.42. The van der Waals surface area contributed by atoms with Crippen molar-refractivity contribution in [1.82, 2.24) is 4.98 Å². The van der Waals surface area contributed by atoms with Gasteiger partial charge in [-0.2, -0.15) is 0 Å². The standard InChI is InChI=1S/C10H8Cl2N2O3/c11-4-1-7-8(2-5(4)12)17-9(14-7)3-6(13)10(15)16/h1-2,6H,3,13H2,(H,15,16)/t6-/m0/s1. The van der Waals surface area contributed by atoms with Gasteiger partial charge in [-0.15, -0.1) is 0 Å². The fourth-order valence-electron chi connectivity index (χ4n) is 1.33. The number of oxazole rings is 1. The molecule has 0 bridgehead atoms. The van der Waals surface area contributed by atoms with Gasteiger partial charge in [-0.25, -0.2) is 4.98 Å². The number of aliphatic carboxylic acids is 1. The van der Waals surface area contributed by atoms with Crippen molar-refractivity contribution in [3.63, 3.8) is 0 Å². The molecule has 0 unspecified atom stereocenters. The maximum absolute atomic E-state index is 10.6. The topological polar surface area (TPSA) is 89.4 Å². The summed E-state index contributed by atoms with van der Waals surface area (Å²) in [4.78, 5) is 14.7. The van der Waals surface area contributed by atoms with E-state index in [-0.39, 0.29) is 12.3 Å². The molecule has 17 heavy (non-hydrogen) atoms. The smallest absolute Gasteiger partial charge is 0.321 e. The monoisotopic (exact) mass is 274 g/mol. The number of carboxylic acid groups (broad SMARTS) is 1. The van der Waals surface area contributed by atoms with Crippen LogP contribution in [0.2, 0.25) is 10.0 Å². The second kappa shape index (κ2) is 4.52. The van der Waals surface area contributed by atoms with E-state index >= 15 is 0 Å². The Kier molecular flexibility index (Phi) is 3.24. The zero-order chi connectivity index (χ0) is 12.6. The Morgan fingerprint density at radius 2 is 2.12 bits per heavy atom. The zero-order valence-electron chi connectivity index (χ0n) is 8.48. The molecule has 0 amide bonds. The molecule has 0 spiro atoms. The summed E-state index contributed by atoms with van der Waals surface area (Å²) in [5.41, 5.74) is 6.35. The van der Waals surface area contributed by atoms with Crippen LogP contribution in [0.1, 0.15) is 5.89 Å². The van der Waals surface area contributed by atoms with E-state index in [4.69, 9.17) is 38.5 Å². The van der Waals surface area contributed by atoms with Crippen LogP contribution in [0, 0.1) is 0 Å². The van der Waals surface area contributed by atoms with Gasteiger partial charge in [0, 0.05) is 6.07 Å². The molecule has 2 rings (SSSR count). The number of halogens is 2. The molecule has 1 heterocycles. The molecule has 1 atom stereocenters. The Morgan fingerprint density at radius 3 is 2.76 bits per heavy atom. The van der Waals surface area contributed by atoms with Gasteiger partial charge in [0.1, 0.15) is 11.6 Å². The van der Waals surface area contributed by atoms with Crippen LogP contribution in [0.5, 0.6) is 0 Å². The quantitative estimate of drug-likeness (QED) is 0.895. The lowest BCUT2D eigenvalue weighted by atomic mass is 10.2. The fraction of sp³-hybridized carbons (Fsp3) is 0.200. The molecule has 3 N–H and O–H groups in total. The van der Waals surface area contributed by atoms with Crippen molar-refractivity contribution in [2.75, 3.05) is 0 Å². The van der Waals surface area contributed by atoms with Crippen LogP contribution in [0.4, 0.5) is 0 Å². The number of rotatable bonds is 3. The molecule has 0 saturated heterocycles. The molecular weight excluding hydrogens is 267 g/mol. The van der Waals surface area contributed by atoms with Crippen LogP contribution in [-0.4, -0.2) is 22.1 Å².